The summed E-state index contributed by atoms with van der Waals surface area (Å²) >= 11 is 0. The van der Waals surface area contributed by atoms with Gasteiger partial charge in [0, 0.05) is 57.2 Å². The number of ether oxygens (including phenoxy) is 2. The van der Waals surface area contributed by atoms with Crippen LogP contribution in [-0.4, -0.2) is 97.0 Å². The van der Waals surface area contributed by atoms with Crippen molar-refractivity contribution in [3.05, 3.63) is 35.7 Å². The summed E-state index contributed by atoms with van der Waals surface area (Å²) in [5, 5.41) is 6.20. The molecule has 0 spiro atoms. The van der Waals surface area contributed by atoms with Gasteiger partial charge in [-0.25, -0.2) is 15.0 Å². The number of rotatable bonds is 6. The van der Waals surface area contributed by atoms with Crippen molar-refractivity contribution in [1.82, 2.24) is 30.4 Å². The average Bonchev–Trinajstić information content (AvgIpc) is 3.35. The Hall–Kier alpha value is -3.77. The van der Waals surface area contributed by atoms with Gasteiger partial charge in [-0.05, 0) is 12.1 Å². The van der Waals surface area contributed by atoms with Gasteiger partial charge in [0.25, 0.3) is 5.91 Å². The molecule has 1 saturated heterocycles. The van der Waals surface area contributed by atoms with E-state index in [1.165, 1.54) is 12.4 Å². The fraction of sp³-hybridized carbons (Fsp3) is 0.409. The quantitative estimate of drug-likeness (QED) is 0.530. The van der Waals surface area contributed by atoms with Gasteiger partial charge in [-0.2, -0.15) is 0 Å². The van der Waals surface area contributed by atoms with E-state index in [0.29, 0.717) is 42.8 Å². The normalized spacial score (nSPS) is 17.4. The highest BCUT2D eigenvalue weighted by atomic mass is 16.5. The summed E-state index contributed by atoms with van der Waals surface area (Å²) < 4.78 is 11.8. The van der Waals surface area contributed by atoms with Crippen molar-refractivity contribution >= 4 is 29.3 Å². The van der Waals surface area contributed by atoms with Gasteiger partial charge in [0.15, 0.2) is 11.5 Å². The summed E-state index contributed by atoms with van der Waals surface area (Å²) in [5.41, 5.74) is 7.20. The van der Waals surface area contributed by atoms with Crippen LogP contribution in [0.25, 0.3) is 0 Å². The molecule has 0 aliphatic carbocycles. The Kier molecular flexibility index (Phi) is 6.23. The number of nitrogens with one attached hydrogen (secondary N) is 2. The van der Waals surface area contributed by atoms with Gasteiger partial charge in [0.1, 0.15) is 18.1 Å². The highest BCUT2D eigenvalue weighted by Gasteiger charge is 2.33. The molecule has 3 aliphatic rings. The number of aliphatic imine (C=N–C) groups is 2. The van der Waals surface area contributed by atoms with E-state index in [0.717, 1.165) is 44.1 Å². The Bertz CT molecular complexity index is 1130. The number of hydrogen-bond donors (Lipinski definition) is 3. The number of nitrogens with two attached hydrogens (primary N) is 1. The van der Waals surface area contributed by atoms with Gasteiger partial charge in [0.2, 0.25) is 11.9 Å². The largest absolute Gasteiger partial charge is 0.491 e. The summed E-state index contributed by atoms with van der Waals surface area (Å²) in [7, 11) is 1.58. The molecule has 1 fully saturated rings. The lowest BCUT2D eigenvalue weighted by molar-refractivity contribution is 0.0973. The number of benzene rings is 1. The lowest BCUT2D eigenvalue weighted by Gasteiger charge is -2.29. The molecule has 1 amide bonds. The smallest absolute Gasteiger partial charge is 0.261 e. The van der Waals surface area contributed by atoms with E-state index in [1.54, 1.807) is 7.11 Å². The van der Waals surface area contributed by atoms with Crippen molar-refractivity contribution in [2.24, 2.45) is 9.98 Å². The Labute approximate surface area is 196 Å². The van der Waals surface area contributed by atoms with Crippen molar-refractivity contribution in [2.75, 3.05) is 65.3 Å². The number of anilines is 1. The Morgan fingerprint density at radius 3 is 2.76 bits per heavy atom. The molecule has 4 heterocycles. The molecular weight excluding hydrogens is 438 g/mol. The minimum absolute atomic E-state index is 0.101. The van der Waals surface area contributed by atoms with E-state index >= 15 is 0 Å². The molecule has 0 bridgehead atoms. The Balaban J connectivity index is 1.39. The van der Waals surface area contributed by atoms with E-state index in [4.69, 9.17) is 20.2 Å². The zero-order valence-corrected chi connectivity index (χ0v) is 19.0. The number of hydrogen-bond acceptors (Lipinski definition) is 11. The van der Waals surface area contributed by atoms with Crippen LogP contribution in [0.2, 0.25) is 0 Å². The lowest BCUT2D eigenvalue weighted by atomic mass is 10.1. The maximum atomic E-state index is 12.8. The number of amidine groups is 1. The standard InChI is InChI=1S/C22H27N9O3/c1-33-18-16(34-11-10-30-7-4-24-5-8-30)3-2-15-17(18)28-22(31-9-6-25-19(15)31)29-20(32)14-12-26-21(23)27-13-14/h2-3,12-13,24H,4-11H2,1H3,(H2,23,26,27)(H,28,29,32). The molecule has 0 radical (unpaired) electrons. The predicted molar refractivity (Wildman–Crippen MR) is 127 cm³/mol. The molecule has 12 nitrogen and oxygen atoms in total. The van der Waals surface area contributed by atoms with Gasteiger partial charge >= 0.3 is 0 Å². The van der Waals surface area contributed by atoms with Crippen LogP contribution in [0, 0.1) is 0 Å². The summed E-state index contributed by atoms with van der Waals surface area (Å²) in [5.74, 6) is 1.92. The average molecular weight is 466 g/mol. The van der Waals surface area contributed by atoms with Crippen LogP contribution in [0.3, 0.4) is 0 Å². The highest BCUT2D eigenvalue weighted by molar-refractivity contribution is 6.20. The molecule has 4 N–H and O–H groups in total. The fourth-order valence-electron chi connectivity index (χ4n) is 4.15. The molecular formula is C22H27N9O3. The maximum absolute atomic E-state index is 12.8. The van der Waals surface area contributed by atoms with Crippen LogP contribution < -0.4 is 25.8 Å². The topological polar surface area (TPSA) is 143 Å². The number of fused-ring (bicyclic) bond motifs is 3. The van der Waals surface area contributed by atoms with Crippen molar-refractivity contribution < 1.29 is 14.3 Å². The summed E-state index contributed by atoms with van der Waals surface area (Å²) in [6, 6.07) is 3.82. The summed E-state index contributed by atoms with van der Waals surface area (Å²) in [6.07, 6.45) is 2.75. The first kappa shape index (κ1) is 22.0. The Morgan fingerprint density at radius 1 is 1.21 bits per heavy atom. The third-order valence-corrected chi connectivity index (χ3v) is 5.89. The number of piperazine rings is 1. The number of amides is 1. The zero-order valence-electron chi connectivity index (χ0n) is 19.0. The van der Waals surface area contributed by atoms with Crippen molar-refractivity contribution in [1.29, 1.82) is 0 Å². The van der Waals surface area contributed by atoms with E-state index in [-0.39, 0.29) is 11.5 Å². The molecule has 12 heteroatoms. The second-order valence-corrected chi connectivity index (χ2v) is 8.01. The first-order chi connectivity index (χ1) is 16.6. The second-order valence-electron chi connectivity index (χ2n) is 8.01. The van der Waals surface area contributed by atoms with E-state index in [2.05, 4.69) is 30.5 Å². The third-order valence-electron chi connectivity index (χ3n) is 5.89. The number of carbonyl (C=O) groups is 1. The maximum Gasteiger partial charge on any atom is 0.261 e. The lowest BCUT2D eigenvalue weighted by Crippen LogP contribution is -2.47. The van der Waals surface area contributed by atoms with Crippen LogP contribution in [0.15, 0.2) is 34.5 Å². The van der Waals surface area contributed by atoms with Crippen LogP contribution in [0.5, 0.6) is 11.5 Å². The van der Waals surface area contributed by atoms with Gasteiger partial charge in [-0.15, -0.1) is 0 Å². The number of nitrogen functional groups attached to an aromatic ring is 1. The molecule has 1 aromatic carbocycles. The van der Waals surface area contributed by atoms with Crippen molar-refractivity contribution in [3.63, 3.8) is 0 Å². The van der Waals surface area contributed by atoms with Crippen LogP contribution in [0.4, 0.5) is 11.6 Å². The van der Waals surface area contributed by atoms with Gasteiger partial charge in [0.05, 0.1) is 19.2 Å². The third kappa shape index (κ3) is 4.37. The van der Waals surface area contributed by atoms with Gasteiger partial charge in [-0.1, -0.05) is 0 Å². The summed E-state index contributed by atoms with van der Waals surface area (Å²) in [4.78, 5) is 34.2. The van der Waals surface area contributed by atoms with E-state index in [1.807, 2.05) is 17.0 Å². The Morgan fingerprint density at radius 2 is 2.00 bits per heavy atom. The SMILES string of the molecule is COc1c(OCCN2CCNCC2)ccc2c1N=C(NC(=O)c1cnc(N)nc1)N1CCN=C21. The first-order valence-corrected chi connectivity index (χ1v) is 11.2. The summed E-state index contributed by atoms with van der Waals surface area (Å²) in [6.45, 7) is 6.57. The highest BCUT2D eigenvalue weighted by Crippen LogP contribution is 2.43. The van der Waals surface area contributed by atoms with Crippen LogP contribution in [0.1, 0.15) is 15.9 Å². The monoisotopic (exact) mass is 465 g/mol. The molecule has 178 valence electrons. The number of nitrogens with zero attached hydrogens (tertiary/aromatic N) is 6. The van der Waals surface area contributed by atoms with E-state index < -0.39 is 5.91 Å². The molecule has 3 aliphatic heterocycles. The van der Waals surface area contributed by atoms with Crippen molar-refractivity contribution in [3.8, 4) is 11.5 Å². The van der Waals surface area contributed by atoms with E-state index in [9.17, 15) is 4.79 Å². The molecule has 0 unspecified atom stereocenters. The minimum atomic E-state index is -0.393. The van der Waals surface area contributed by atoms with Crippen LogP contribution >= 0.6 is 0 Å². The number of aromatic nitrogens is 2. The molecule has 34 heavy (non-hydrogen) atoms. The van der Waals surface area contributed by atoms with Crippen molar-refractivity contribution in [2.45, 2.75) is 0 Å². The number of carbonyl (C=O) groups excluding carboxylic acids is 1. The first-order valence-electron chi connectivity index (χ1n) is 11.2. The molecule has 5 rings (SSSR count). The molecule has 0 saturated carbocycles. The molecule has 2 aromatic rings. The fourth-order valence-corrected chi connectivity index (χ4v) is 4.15. The predicted octanol–water partition coefficient (Wildman–Crippen LogP) is -0.155. The number of methoxy groups -OCH3 is 1. The molecule has 1 aromatic heterocycles. The number of guanidine groups is 1. The second kappa shape index (κ2) is 9.61. The van der Waals surface area contributed by atoms with Crippen LogP contribution in [-0.2, 0) is 0 Å². The minimum Gasteiger partial charge on any atom is -0.491 e. The molecule has 0 atom stereocenters. The van der Waals surface area contributed by atoms with Gasteiger partial charge in [-0.3, -0.25) is 24.9 Å². The zero-order chi connectivity index (χ0) is 23.5. The van der Waals surface area contributed by atoms with Gasteiger partial charge < -0.3 is 20.5 Å².